The molecule has 0 radical (unpaired) electrons. The van der Waals surface area contributed by atoms with Crippen LogP contribution in [0.3, 0.4) is 0 Å². The number of nitrogens with one attached hydrogen (secondary N) is 1. The van der Waals surface area contributed by atoms with E-state index in [0.717, 1.165) is 21.3 Å². The fourth-order valence-corrected chi connectivity index (χ4v) is 2.63. The number of hydrogen-bond acceptors (Lipinski definition) is 4. The molecule has 0 saturated carbocycles. The summed E-state index contributed by atoms with van der Waals surface area (Å²) in [6.07, 6.45) is 1.58. The Morgan fingerprint density at radius 1 is 0.964 bits per heavy atom. The number of amides is 1. The standard InChI is InChI=1S/C22H19BrN2O3/c1-27-20-12-6-18(7-13-20)22(26)25-24-14-16-4-10-21(11-5-16)28-15-17-2-8-19(23)9-3-17/h2-14H,15H2,1H3,(H,25,26). The van der Waals surface area contributed by atoms with E-state index in [9.17, 15) is 4.79 Å². The van der Waals surface area contributed by atoms with E-state index in [1.807, 2.05) is 48.5 Å². The third kappa shape index (κ3) is 5.69. The molecule has 0 bridgehead atoms. The number of ether oxygens (including phenoxy) is 2. The van der Waals surface area contributed by atoms with Gasteiger partial charge in [-0.25, -0.2) is 5.43 Å². The zero-order chi connectivity index (χ0) is 19.8. The van der Waals surface area contributed by atoms with Gasteiger partial charge in [0.2, 0.25) is 0 Å². The van der Waals surface area contributed by atoms with Crippen molar-refractivity contribution >= 4 is 28.1 Å². The number of nitrogens with zero attached hydrogens (tertiary/aromatic N) is 1. The van der Waals surface area contributed by atoms with Gasteiger partial charge >= 0.3 is 0 Å². The second-order valence-electron chi connectivity index (χ2n) is 5.91. The molecule has 3 aromatic rings. The highest BCUT2D eigenvalue weighted by molar-refractivity contribution is 9.10. The maximum atomic E-state index is 12.0. The maximum absolute atomic E-state index is 12.0. The molecule has 0 aliphatic rings. The fourth-order valence-electron chi connectivity index (χ4n) is 2.37. The number of halogens is 1. The largest absolute Gasteiger partial charge is 0.497 e. The van der Waals surface area contributed by atoms with E-state index < -0.39 is 0 Å². The Kier molecular flexibility index (Phi) is 6.81. The minimum atomic E-state index is -0.284. The summed E-state index contributed by atoms with van der Waals surface area (Å²) >= 11 is 3.41. The van der Waals surface area contributed by atoms with Crippen LogP contribution in [-0.2, 0) is 6.61 Å². The summed E-state index contributed by atoms with van der Waals surface area (Å²) in [5, 5.41) is 3.99. The molecule has 0 atom stereocenters. The summed E-state index contributed by atoms with van der Waals surface area (Å²) < 4.78 is 11.9. The molecular formula is C22H19BrN2O3. The number of rotatable bonds is 7. The quantitative estimate of drug-likeness (QED) is 0.425. The average molecular weight is 439 g/mol. The highest BCUT2D eigenvalue weighted by atomic mass is 79.9. The predicted molar refractivity (Wildman–Crippen MR) is 113 cm³/mol. The third-order valence-electron chi connectivity index (χ3n) is 3.93. The molecule has 0 aliphatic carbocycles. The van der Waals surface area contributed by atoms with E-state index in [1.165, 1.54) is 0 Å². The molecule has 0 aromatic heterocycles. The molecule has 0 aliphatic heterocycles. The lowest BCUT2D eigenvalue weighted by Crippen LogP contribution is -2.17. The van der Waals surface area contributed by atoms with Gasteiger partial charge in [0, 0.05) is 10.0 Å². The van der Waals surface area contributed by atoms with Crippen molar-refractivity contribution in [2.75, 3.05) is 7.11 Å². The molecule has 5 nitrogen and oxygen atoms in total. The third-order valence-corrected chi connectivity index (χ3v) is 4.46. The van der Waals surface area contributed by atoms with Crippen LogP contribution < -0.4 is 14.9 Å². The molecule has 1 N–H and O–H groups in total. The molecule has 142 valence electrons. The first-order valence-electron chi connectivity index (χ1n) is 8.59. The summed E-state index contributed by atoms with van der Waals surface area (Å²) in [4.78, 5) is 12.0. The summed E-state index contributed by atoms with van der Waals surface area (Å²) in [6, 6.07) is 22.3. The van der Waals surface area contributed by atoms with Crippen LogP contribution in [0.2, 0.25) is 0 Å². The Morgan fingerprint density at radius 3 is 2.25 bits per heavy atom. The zero-order valence-electron chi connectivity index (χ0n) is 15.3. The number of hydrogen-bond donors (Lipinski definition) is 1. The average Bonchev–Trinajstić information content (AvgIpc) is 2.74. The van der Waals surface area contributed by atoms with Crippen LogP contribution in [0.4, 0.5) is 0 Å². The molecule has 6 heteroatoms. The Morgan fingerprint density at radius 2 is 1.61 bits per heavy atom. The van der Waals surface area contributed by atoms with Crippen molar-refractivity contribution in [3.05, 3.63) is 94.0 Å². The van der Waals surface area contributed by atoms with E-state index in [-0.39, 0.29) is 5.91 Å². The van der Waals surface area contributed by atoms with Crippen molar-refractivity contribution in [2.45, 2.75) is 6.61 Å². The first-order chi connectivity index (χ1) is 13.6. The highest BCUT2D eigenvalue weighted by Gasteiger charge is 2.03. The van der Waals surface area contributed by atoms with E-state index in [2.05, 4.69) is 26.5 Å². The van der Waals surface area contributed by atoms with Crippen molar-refractivity contribution in [3.8, 4) is 11.5 Å². The van der Waals surface area contributed by atoms with Gasteiger partial charge in [0.15, 0.2) is 0 Å². The molecule has 28 heavy (non-hydrogen) atoms. The Bertz CT molecular complexity index is 937. The van der Waals surface area contributed by atoms with Crippen molar-refractivity contribution in [2.24, 2.45) is 5.10 Å². The van der Waals surface area contributed by atoms with Crippen LogP contribution in [0.5, 0.6) is 11.5 Å². The number of carbonyl (C=O) groups excluding carboxylic acids is 1. The van der Waals surface area contributed by atoms with Crippen LogP contribution in [-0.4, -0.2) is 19.2 Å². The maximum Gasteiger partial charge on any atom is 0.271 e. The summed E-state index contributed by atoms with van der Waals surface area (Å²) in [7, 11) is 1.58. The molecule has 0 heterocycles. The van der Waals surface area contributed by atoms with E-state index in [1.54, 1.807) is 37.6 Å². The topological polar surface area (TPSA) is 59.9 Å². The van der Waals surface area contributed by atoms with Crippen LogP contribution >= 0.6 is 15.9 Å². The van der Waals surface area contributed by atoms with E-state index in [4.69, 9.17) is 9.47 Å². The first kappa shape index (κ1) is 19.6. The lowest BCUT2D eigenvalue weighted by atomic mass is 10.2. The van der Waals surface area contributed by atoms with E-state index in [0.29, 0.717) is 17.9 Å². The van der Waals surface area contributed by atoms with Gasteiger partial charge in [0.1, 0.15) is 18.1 Å². The van der Waals surface area contributed by atoms with Crippen LogP contribution in [0, 0.1) is 0 Å². The van der Waals surface area contributed by atoms with Crippen LogP contribution in [0.1, 0.15) is 21.5 Å². The highest BCUT2D eigenvalue weighted by Crippen LogP contribution is 2.15. The van der Waals surface area contributed by atoms with Crippen molar-refractivity contribution in [1.82, 2.24) is 5.43 Å². The number of hydrazone groups is 1. The van der Waals surface area contributed by atoms with E-state index >= 15 is 0 Å². The predicted octanol–water partition coefficient (Wildman–Crippen LogP) is 4.80. The van der Waals surface area contributed by atoms with Crippen LogP contribution in [0.25, 0.3) is 0 Å². The van der Waals surface area contributed by atoms with Gasteiger partial charge in [-0.1, -0.05) is 28.1 Å². The number of carbonyl (C=O) groups is 1. The molecule has 0 fully saturated rings. The Hall–Kier alpha value is -3.12. The van der Waals surface area contributed by atoms with Gasteiger partial charge in [-0.2, -0.15) is 5.10 Å². The Labute approximate surface area is 172 Å². The monoisotopic (exact) mass is 438 g/mol. The molecule has 3 aromatic carbocycles. The fraction of sp³-hybridized carbons (Fsp3) is 0.0909. The van der Waals surface area contributed by atoms with Gasteiger partial charge < -0.3 is 9.47 Å². The van der Waals surface area contributed by atoms with Gasteiger partial charge in [0.25, 0.3) is 5.91 Å². The number of methoxy groups -OCH3 is 1. The lowest BCUT2D eigenvalue weighted by Gasteiger charge is -2.06. The molecule has 3 rings (SSSR count). The zero-order valence-corrected chi connectivity index (χ0v) is 16.8. The summed E-state index contributed by atoms with van der Waals surface area (Å²) in [5.41, 5.74) is 4.96. The second-order valence-corrected chi connectivity index (χ2v) is 6.83. The SMILES string of the molecule is COc1ccc(C(=O)NN=Cc2ccc(OCc3ccc(Br)cc3)cc2)cc1. The molecular weight excluding hydrogens is 420 g/mol. The smallest absolute Gasteiger partial charge is 0.271 e. The van der Waals surface area contributed by atoms with Crippen molar-refractivity contribution < 1.29 is 14.3 Å². The normalized spacial score (nSPS) is 10.6. The van der Waals surface area contributed by atoms with Crippen molar-refractivity contribution in [3.63, 3.8) is 0 Å². The number of benzene rings is 3. The lowest BCUT2D eigenvalue weighted by molar-refractivity contribution is 0.0955. The molecule has 1 amide bonds. The second kappa shape index (κ2) is 9.71. The van der Waals surface area contributed by atoms with Gasteiger partial charge in [-0.3, -0.25) is 4.79 Å². The minimum absolute atomic E-state index is 0.284. The van der Waals surface area contributed by atoms with Gasteiger partial charge in [-0.15, -0.1) is 0 Å². The van der Waals surface area contributed by atoms with Gasteiger partial charge in [-0.05, 0) is 71.8 Å². The summed E-state index contributed by atoms with van der Waals surface area (Å²) in [6.45, 7) is 0.499. The minimum Gasteiger partial charge on any atom is -0.497 e. The van der Waals surface area contributed by atoms with Gasteiger partial charge in [0.05, 0.1) is 13.3 Å². The molecule has 0 saturated heterocycles. The first-order valence-corrected chi connectivity index (χ1v) is 9.38. The van der Waals surface area contributed by atoms with Crippen molar-refractivity contribution in [1.29, 1.82) is 0 Å². The van der Waals surface area contributed by atoms with Crippen LogP contribution in [0.15, 0.2) is 82.4 Å². The molecule has 0 unspecified atom stereocenters. The Balaban J connectivity index is 1.50. The molecule has 0 spiro atoms. The summed E-state index contributed by atoms with van der Waals surface area (Å²) in [5.74, 6) is 1.18.